The van der Waals surface area contributed by atoms with Gasteiger partial charge < -0.3 is 10.2 Å². The van der Waals surface area contributed by atoms with Crippen LogP contribution in [0.4, 0.5) is 0 Å². The largest absolute Gasteiger partial charge is 0.353 e. The van der Waals surface area contributed by atoms with Gasteiger partial charge in [-0.1, -0.05) is 13.8 Å². The summed E-state index contributed by atoms with van der Waals surface area (Å²) in [7, 11) is 1.90. The highest BCUT2D eigenvalue weighted by Gasteiger charge is 2.34. The van der Waals surface area contributed by atoms with Crippen LogP contribution in [0.3, 0.4) is 0 Å². The van der Waals surface area contributed by atoms with E-state index in [1.165, 1.54) is 18.6 Å². The molecule has 0 aromatic heterocycles. The Balaban J connectivity index is 0.00000144. The van der Waals surface area contributed by atoms with Crippen molar-refractivity contribution in [2.45, 2.75) is 38.0 Å². The topological polar surface area (TPSA) is 27.6 Å². The fourth-order valence-corrected chi connectivity index (χ4v) is 3.33. The predicted octanol–water partition coefficient (Wildman–Crippen LogP) is 2.42. The second-order valence-electron chi connectivity index (χ2n) is 4.86. The van der Waals surface area contributed by atoms with Crippen LogP contribution in [0.2, 0.25) is 0 Å². The van der Waals surface area contributed by atoms with Crippen LogP contribution in [0.1, 0.15) is 26.7 Å². The minimum atomic E-state index is 0. The van der Waals surface area contributed by atoms with Gasteiger partial charge in [-0.05, 0) is 18.8 Å². The molecule has 0 spiro atoms. The molecular formula is C12H24IN3S. The van der Waals surface area contributed by atoms with Crippen LogP contribution in [-0.4, -0.2) is 48.0 Å². The molecule has 2 aliphatic rings. The molecule has 3 unspecified atom stereocenters. The van der Waals surface area contributed by atoms with Crippen molar-refractivity contribution in [2.24, 2.45) is 10.9 Å². The van der Waals surface area contributed by atoms with E-state index in [0.29, 0.717) is 6.04 Å². The molecule has 1 saturated heterocycles. The van der Waals surface area contributed by atoms with E-state index in [-0.39, 0.29) is 24.0 Å². The van der Waals surface area contributed by atoms with Gasteiger partial charge in [0.2, 0.25) is 0 Å². The summed E-state index contributed by atoms with van der Waals surface area (Å²) in [4.78, 5) is 6.84. The second-order valence-corrected chi connectivity index (χ2v) is 6.27. The molecule has 1 N–H and O–H groups in total. The SMILES string of the molecule is CCC1CN(C(=NC)NC2CC2C)CCS1.I. The van der Waals surface area contributed by atoms with Gasteiger partial charge in [-0.3, -0.25) is 4.99 Å². The molecule has 1 heterocycles. The van der Waals surface area contributed by atoms with Gasteiger partial charge in [-0.2, -0.15) is 11.8 Å². The van der Waals surface area contributed by atoms with E-state index >= 15 is 0 Å². The van der Waals surface area contributed by atoms with E-state index in [9.17, 15) is 0 Å². The van der Waals surface area contributed by atoms with Crippen molar-refractivity contribution in [2.75, 3.05) is 25.9 Å². The molecule has 0 aromatic rings. The Labute approximate surface area is 126 Å². The monoisotopic (exact) mass is 369 g/mol. The number of aliphatic imine (C=N–C) groups is 1. The van der Waals surface area contributed by atoms with Crippen molar-refractivity contribution in [1.29, 1.82) is 0 Å². The Morgan fingerprint density at radius 3 is 2.76 bits per heavy atom. The van der Waals surface area contributed by atoms with Crippen molar-refractivity contribution in [1.82, 2.24) is 10.2 Å². The molecule has 2 rings (SSSR count). The zero-order valence-corrected chi connectivity index (χ0v) is 14.1. The number of rotatable bonds is 2. The smallest absolute Gasteiger partial charge is 0.193 e. The van der Waals surface area contributed by atoms with E-state index in [1.807, 2.05) is 7.05 Å². The van der Waals surface area contributed by atoms with Crippen LogP contribution >= 0.6 is 35.7 Å². The van der Waals surface area contributed by atoms with E-state index in [0.717, 1.165) is 30.2 Å². The maximum atomic E-state index is 4.42. The number of nitrogens with zero attached hydrogens (tertiary/aromatic N) is 2. The second kappa shape index (κ2) is 7.07. The first kappa shape index (κ1) is 15.4. The van der Waals surface area contributed by atoms with Crippen LogP contribution in [0.5, 0.6) is 0 Å². The van der Waals surface area contributed by atoms with Crippen LogP contribution in [0.15, 0.2) is 4.99 Å². The Kier molecular flexibility index (Phi) is 6.40. The number of hydrogen-bond donors (Lipinski definition) is 1. The van der Waals surface area contributed by atoms with Gasteiger partial charge in [0, 0.05) is 37.2 Å². The molecule has 0 aromatic carbocycles. The third-order valence-corrected chi connectivity index (χ3v) is 4.90. The summed E-state index contributed by atoms with van der Waals surface area (Å²) >= 11 is 2.11. The van der Waals surface area contributed by atoms with Gasteiger partial charge in [0.05, 0.1) is 0 Å². The molecule has 2 fully saturated rings. The summed E-state index contributed by atoms with van der Waals surface area (Å²) in [5.74, 6) is 3.19. The van der Waals surface area contributed by atoms with Gasteiger partial charge in [0.25, 0.3) is 0 Å². The van der Waals surface area contributed by atoms with Crippen LogP contribution in [0.25, 0.3) is 0 Å². The van der Waals surface area contributed by atoms with Crippen molar-refractivity contribution in [3.63, 3.8) is 0 Å². The number of hydrogen-bond acceptors (Lipinski definition) is 2. The number of halogens is 1. The van der Waals surface area contributed by atoms with E-state index in [2.05, 4.69) is 40.8 Å². The van der Waals surface area contributed by atoms with E-state index in [1.54, 1.807) is 0 Å². The third-order valence-electron chi connectivity index (χ3n) is 3.53. The molecule has 3 nitrogen and oxygen atoms in total. The van der Waals surface area contributed by atoms with Crippen LogP contribution in [-0.2, 0) is 0 Å². The summed E-state index contributed by atoms with van der Waals surface area (Å²) in [5, 5.41) is 4.35. The molecule has 17 heavy (non-hydrogen) atoms. The lowest BCUT2D eigenvalue weighted by atomic mass is 10.3. The van der Waals surface area contributed by atoms with Crippen molar-refractivity contribution < 1.29 is 0 Å². The fraction of sp³-hybridized carbons (Fsp3) is 0.917. The van der Waals surface area contributed by atoms with Gasteiger partial charge in [-0.15, -0.1) is 24.0 Å². The molecule has 1 aliphatic heterocycles. The van der Waals surface area contributed by atoms with Crippen LogP contribution < -0.4 is 5.32 Å². The molecule has 100 valence electrons. The predicted molar refractivity (Wildman–Crippen MR) is 87.6 cm³/mol. The van der Waals surface area contributed by atoms with Crippen molar-refractivity contribution in [3.8, 4) is 0 Å². The lowest BCUT2D eigenvalue weighted by Gasteiger charge is -2.34. The normalized spacial score (nSPS) is 33.0. The molecule has 1 aliphatic carbocycles. The van der Waals surface area contributed by atoms with Gasteiger partial charge in [0.15, 0.2) is 5.96 Å². The molecule has 0 bridgehead atoms. The van der Waals surface area contributed by atoms with Gasteiger partial charge >= 0.3 is 0 Å². The average molecular weight is 369 g/mol. The molecule has 3 atom stereocenters. The zero-order valence-electron chi connectivity index (χ0n) is 11.0. The molecular weight excluding hydrogens is 345 g/mol. The Hall–Kier alpha value is 0.350. The first-order valence-electron chi connectivity index (χ1n) is 6.34. The average Bonchev–Trinajstić information content (AvgIpc) is 3.02. The number of thioether (sulfide) groups is 1. The number of nitrogens with one attached hydrogen (secondary N) is 1. The minimum Gasteiger partial charge on any atom is -0.353 e. The summed E-state index contributed by atoms with van der Waals surface area (Å²) in [5.41, 5.74) is 0. The zero-order chi connectivity index (χ0) is 11.5. The Morgan fingerprint density at radius 2 is 2.24 bits per heavy atom. The molecule has 0 amide bonds. The quantitative estimate of drug-likeness (QED) is 0.460. The molecule has 0 radical (unpaired) electrons. The highest BCUT2D eigenvalue weighted by atomic mass is 127. The lowest BCUT2D eigenvalue weighted by molar-refractivity contribution is 0.407. The van der Waals surface area contributed by atoms with Gasteiger partial charge in [0.1, 0.15) is 0 Å². The summed E-state index contributed by atoms with van der Waals surface area (Å²) in [6.45, 7) is 6.87. The highest BCUT2D eigenvalue weighted by molar-refractivity contribution is 14.0. The van der Waals surface area contributed by atoms with Crippen molar-refractivity contribution >= 4 is 41.7 Å². The summed E-state index contributed by atoms with van der Waals surface area (Å²) < 4.78 is 0. The Morgan fingerprint density at radius 1 is 1.53 bits per heavy atom. The maximum absolute atomic E-state index is 4.42. The van der Waals surface area contributed by atoms with Gasteiger partial charge in [-0.25, -0.2) is 0 Å². The highest BCUT2D eigenvalue weighted by Crippen LogP contribution is 2.29. The van der Waals surface area contributed by atoms with Crippen molar-refractivity contribution in [3.05, 3.63) is 0 Å². The summed E-state index contributed by atoms with van der Waals surface area (Å²) in [6, 6.07) is 0.674. The fourth-order valence-electron chi connectivity index (χ4n) is 2.14. The first-order chi connectivity index (χ1) is 7.74. The first-order valence-corrected chi connectivity index (χ1v) is 7.39. The van der Waals surface area contributed by atoms with Crippen LogP contribution in [0, 0.1) is 5.92 Å². The minimum absolute atomic E-state index is 0. The summed E-state index contributed by atoms with van der Waals surface area (Å²) in [6.07, 6.45) is 2.57. The number of guanidine groups is 1. The molecule has 5 heteroatoms. The van der Waals surface area contributed by atoms with E-state index in [4.69, 9.17) is 0 Å². The lowest BCUT2D eigenvalue weighted by Crippen LogP contribution is -2.48. The third kappa shape index (κ3) is 4.19. The maximum Gasteiger partial charge on any atom is 0.193 e. The van der Waals surface area contributed by atoms with E-state index < -0.39 is 0 Å². The Bertz CT molecular complexity index is 272. The molecule has 1 saturated carbocycles. The standard InChI is InChI=1S/C12H23N3S.HI/c1-4-10-8-15(5-6-16-10)12(13-3)14-11-7-9(11)2;/h9-11H,4-8H2,1-3H3,(H,13,14);1H.